The third-order valence-electron chi connectivity index (χ3n) is 3.36. The lowest BCUT2D eigenvalue weighted by Crippen LogP contribution is -2.03. The van der Waals surface area contributed by atoms with Gasteiger partial charge in [-0.15, -0.1) is 11.3 Å². The molecule has 1 fully saturated rings. The Morgan fingerprint density at radius 3 is 2.90 bits per heavy atom. The maximum atomic E-state index is 11.8. The lowest BCUT2D eigenvalue weighted by molar-refractivity contribution is -0.119. The molecule has 0 amide bonds. The van der Waals surface area contributed by atoms with Gasteiger partial charge in [-0.05, 0) is 24.5 Å². The number of carbonyl (C=O) groups is 1. The maximum absolute atomic E-state index is 11.8. The van der Waals surface area contributed by atoms with E-state index < -0.39 is 0 Å². The highest BCUT2D eigenvalue weighted by atomic mass is 35.5. The molecule has 1 saturated carbocycles. The van der Waals surface area contributed by atoms with Crippen LogP contribution in [0.4, 0.5) is 0 Å². The number of carbonyl (C=O) groups excluding carboxylic acids is 1. The van der Waals surface area contributed by atoms with E-state index in [0.29, 0.717) is 34.6 Å². The summed E-state index contributed by atoms with van der Waals surface area (Å²) < 4.78 is 0. The Labute approximate surface area is 131 Å². The number of rotatable bonds is 5. The smallest absolute Gasteiger partial charge is 0.142 e. The van der Waals surface area contributed by atoms with Crippen molar-refractivity contribution in [2.45, 2.75) is 25.7 Å². The quantitative estimate of drug-likeness (QED) is 0.806. The number of halogens is 2. The maximum Gasteiger partial charge on any atom is 0.142 e. The number of hydrogen-bond donors (Lipinski definition) is 0. The van der Waals surface area contributed by atoms with E-state index in [1.165, 1.54) is 0 Å². The molecule has 3 rings (SSSR count). The average molecular weight is 326 g/mol. The zero-order chi connectivity index (χ0) is 14.1. The van der Waals surface area contributed by atoms with Gasteiger partial charge in [0.15, 0.2) is 0 Å². The molecule has 2 nitrogen and oxygen atoms in total. The van der Waals surface area contributed by atoms with Gasteiger partial charge in [0.2, 0.25) is 0 Å². The van der Waals surface area contributed by atoms with Crippen molar-refractivity contribution in [3.8, 4) is 0 Å². The van der Waals surface area contributed by atoms with E-state index >= 15 is 0 Å². The molecular weight excluding hydrogens is 313 g/mol. The number of thiazole rings is 1. The van der Waals surface area contributed by atoms with E-state index in [0.717, 1.165) is 28.3 Å². The Morgan fingerprint density at radius 2 is 2.15 bits per heavy atom. The van der Waals surface area contributed by atoms with Gasteiger partial charge >= 0.3 is 0 Å². The van der Waals surface area contributed by atoms with Crippen LogP contribution in [0.3, 0.4) is 0 Å². The van der Waals surface area contributed by atoms with Gasteiger partial charge < -0.3 is 0 Å². The molecule has 5 heteroatoms. The summed E-state index contributed by atoms with van der Waals surface area (Å²) in [6.45, 7) is 0. The number of aromatic nitrogens is 1. The molecule has 104 valence electrons. The van der Waals surface area contributed by atoms with Crippen LogP contribution in [0.25, 0.3) is 0 Å². The molecule has 1 aliphatic rings. The predicted octanol–water partition coefficient (Wildman–Crippen LogP) is 4.56. The molecule has 0 bridgehead atoms. The van der Waals surface area contributed by atoms with Gasteiger partial charge in [0.1, 0.15) is 10.8 Å². The molecule has 0 saturated heterocycles. The van der Waals surface area contributed by atoms with Crippen LogP contribution in [0.5, 0.6) is 0 Å². The van der Waals surface area contributed by atoms with Gasteiger partial charge in [0, 0.05) is 23.4 Å². The number of Topliss-reactive ketones (excluding diaryl/α,β-unsaturated/α-hetero) is 1. The van der Waals surface area contributed by atoms with Crippen molar-refractivity contribution in [1.82, 2.24) is 4.98 Å². The van der Waals surface area contributed by atoms with Crippen molar-refractivity contribution in [3.05, 3.63) is 49.9 Å². The molecular formula is C15H13Cl2NOS. The summed E-state index contributed by atoms with van der Waals surface area (Å²) in [5, 5.41) is 2.06. The van der Waals surface area contributed by atoms with E-state index in [-0.39, 0.29) is 0 Å². The topological polar surface area (TPSA) is 30.0 Å². The molecule has 2 aromatic rings. The summed E-state index contributed by atoms with van der Waals surface area (Å²) in [4.78, 5) is 17.2. The molecule has 0 spiro atoms. The largest absolute Gasteiger partial charge is 0.299 e. The van der Waals surface area contributed by atoms with Crippen LogP contribution in [0.1, 0.15) is 28.3 Å². The molecule has 0 atom stereocenters. The lowest BCUT2D eigenvalue weighted by Gasteiger charge is -2.03. The molecule has 20 heavy (non-hydrogen) atoms. The molecule has 0 radical (unpaired) electrons. The third kappa shape index (κ3) is 3.22. The molecule has 1 aromatic heterocycles. The second kappa shape index (κ2) is 5.84. The molecule has 0 aliphatic heterocycles. The van der Waals surface area contributed by atoms with Crippen LogP contribution in [0.2, 0.25) is 10.0 Å². The summed E-state index contributed by atoms with van der Waals surface area (Å²) in [7, 11) is 0. The summed E-state index contributed by atoms with van der Waals surface area (Å²) in [5.41, 5.74) is 0.989. The number of ketones is 1. The monoisotopic (exact) mass is 325 g/mol. The lowest BCUT2D eigenvalue weighted by atomic mass is 10.1. The van der Waals surface area contributed by atoms with Crippen LogP contribution in [-0.4, -0.2) is 10.8 Å². The van der Waals surface area contributed by atoms with Crippen LogP contribution >= 0.6 is 34.5 Å². The number of benzene rings is 1. The fourth-order valence-corrected chi connectivity index (χ4v) is 3.43. The molecule has 1 aromatic carbocycles. The summed E-state index contributed by atoms with van der Waals surface area (Å²) >= 11 is 13.8. The Hall–Kier alpha value is -0.900. The van der Waals surface area contributed by atoms with Gasteiger partial charge in [-0.2, -0.15) is 0 Å². The first-order chi connectivity index (χ1) is 9.63. The van der Waals surface area contributed by atoms with Gasteiger partial charge in [0.05, 0.1) is 16.5 Å². The summed E-state index contributed by atoms with van der Waals surface area (Å²) in [6, 6.07) is 5.63. The third-order valence-corrected chi connectivity index (χ3v) is 5.21. The first-order valence-corrected chi connectivity index (χ1v) is 8.10. The Balaban J connectivity index is 1.70. The van der Waals surface area contributed by atoms with E-state index in [4.69, 9.17) is 23.2 Å². The van der Waals surface area contributed by atoms with E-state index in [1.54, 1.807) is 17.4 Å². The first-order valence-electron chi connectivity index (χ1n) is 6.52. The van der Waals surface area contributed by atoms with Gasteiger partial charge in [-0.1, -0.05) is 35.3 Å². The van der Waals surface area contributed by atoms with Gasteiger partial charge in [-0.3, -0.25) is 4.79 Å². The highest BCUT2D eigenvalue weighted by Crippen LogP contribution is 2.32. The fourth-order valence-electron chi connectivity index (χ4n) is 2.08. The van der Waals surface area contributed by atoms with Crippen LogP contribution < -0.4 is 0 Å². The van der Waals surface area contributed by atoms with E-state index in [1.807, 2.05) is 18.3 Å². The normalized spacial score (nSPS) is 14.5. The standard InChI is InChI=1S/C15H13Cl2NOS/c16-12-3-1-2-10(15(12)17)6-11-8-18-14(20-11)7-13(19)9-4-5-9/h1-3,8-9H,4-7H2. The minimum atomic E-state index is 0.296. The van der Waals surface area contributed by atoms with Crippen molar-refractivity contribution in [1.29, 1.82) is 0 Å². The summed E-state index contributed by atoms with van der Waals surface area (Å²) in [6.07, 6.45) is 5.11. The second-order valence-corrected chi connectivity index (χ2v) is 7.01. The zero-order valence-electron chi connectivity index (χ0n) is 10.7. The fraction of sp³-hybridized carbons (Fsp3) is 0.333. The number of hydrogen-bond acceptors (Lipinski definition) is 3. The second-order valence-electron chi connectivity index (χ2n) is 5.03. The van der Waals surface area contributed by atoms with Crippen LogP contribution in [0.15, 0.2) is 24.4 Å². The predicted molar refractivity (Wildman–Crippen MR) is 82.8 cm³/mol. The zero-order valence-corrected chi connectivity index (χ0v) is 13.1. The minimum absolute atomic E-state index is 0.296. The highest BCUT2D eigenvalue weighted by Gasteiger charge is 2.29. The van der Waals surface area contributed by atoms with Crippen molar-refractivity contribution in [2.24, 2.45) is 5.92 Å². The van der Waals surface area contributed by atoms with Crippen molar-refractivity contribution in [3.63, 3.8) is 0 Å². The van der Waals surface area contributed by atoms with E-state index in [2.05, 4.69) is 4.98 Å². The van der Waals surface area contributed by atoms with Crippen LogP contribution in [0, 0.1) is 5.92 Å². The molecule has 0 unspecified atom stereocenters. The van der Waals surface area contributed by atoms with Crippen molar-refractivity contribution >= 4 is 40.3 Å². The Morgan fingerprint density at radius 1 is 1.35 bits per heavy atom. The highest BCUT2D eigenvalue weighted by molar-refractivity contribution is 7.11. The average Bonchev–Trinajstić information content (AvgIpc) is 3.18. The SMILES string of the molecule is O=C(Cc1ncc(Cc2cccc(Cl)c2Cl)s1)C1CC1. The molecule has 1 heterocycles. The Bertz CT molecular complexity index is 649. The van der Waals surface area contributed by atoms with Crippen molar-refractivity contribution in [2.75, 3.05) is 0 Å². The van der Waals surface area contributed by atoms with E-state index in [9.17, 15) is 4.79 Å². The molecule has 1 aliphatic carbocycles. The van der Waals surface area contributed by atoms with Gasteiger partial charge in [0.25, 0.3) is 0 Å². The minimum Gasteiger partial charge on any atom is -0.299 e. The molecule has 0 N–H and O–H groups in total. The van der Waals surface area contributed by atoms with Gasteiger partial charge in [-0.25, -0.2) is 4.98 Å². The van der Waals surface area contributed by atoms with Crippen molar-refractivity contribution < 1.29 is 4.79 Å². The summed E-state index contributed by atoms with van der Waals surface area (Å²) in [5.74, 6) is 0.622. The van der Waals surface area contributed by atoms with Crippen LogP contribution in [-0.2, 0) is 17.6 Å². The Kier molecular flexibility index (Phi) is 4.11. The number of nitrogens with zero attached hydrogens (tertiary/aromatic N) is 1. The first kappa shape index (κ1) is 14.1.